The lowest BCUT2D eigenvalue weighted by Crippen LogP contribution is -2.25. The summed E-state index contributed by atoms with van der Waals surface area (Å²) >= 11 is 0. The van der Waals surface area contributed by atoms with Crippen LogP contribution in [0.25, 0.3) is 0 Å². The highest BCUT2D eigenvalue weighted by molar-refractivity contribution is 5.45. The van der Waals surface area contributed by atoms with E-state index in [0.717, 1.165) is 31.2 Å². The van der Waals surface area contributed by atoms with Gasteiger partial charge in [-0.1, -0.05) is 13.8 Å². The lowest BCUT2D eigenvalue weighted by molar-refractivity contribution is 0.157. The van der Waals surface area contributed by atoms with Crippen LogP contribution < -0.4 is 11.1 Å². The van der Waals surface area contributed by atoms with Crippen molar-refractivity contribution < 1.29 is 4.74 Å². The van der Waals surface area contributed by atoms with Crippen LogP contribution in [0.1, 0.15) is 44.9 Å². The molecule has 0 unspecified atom stereocenters. The highest BCUT2D eigenvalue weighted by Gasteiger charge is 2.27. The Labute approximate surface area is 115 Å². The molecular weight excluding hydrogens is 240 g/mol. The summed E-state index contributed by atoms with van der Waals surface area (Å²) in [5.41, 5.74) is 6.00. The fourth-order valence-corrected chi connectivity index (χ4v) is 1.90. The van der Waals surface area contributed by atoms with Gasteiger partial charge >= 0.3 is 0 Å². The summed E-state index contributed by atoms with van der Waals surface area (Å²) in [4.78, 5) is 8.84. The molecule has 1 aliphatic rings. The molecule has 0 bridgehead atoms. The second-order valence-electron chi connectivity index (χ2n) is 6.07. The van der Waals surface area contributed by atoms with Gasteiger partial charge in [-0.25, -0.2) is 9.97 Å². The first-order valence-corrected chi connectivity index (χ1v) is 6.87. The molecule has 1 aliphatic carbocycles. The van der Waals surface area contributed by atoms with E-state index in [-0.39, 0.29) is 5.41 Å². The van der Waals surface area contributed by atoms with Crippen LogP contribution in [0.2, 0.25) is 0 Å². The van der Waals surface area contributed by atoms with E-state index in [4.69, 9.17) is 10.5 Å². The quantitative estimate of drug-likeness (QED) is 0.791. The van der Waals surface area contributed by atoms with Crippen LogP contribution in [-0.2, 0) is 4.74 Å². The van der Waals surface area contributed by atoms with Gasteiger partial charge in [-0.3, -0.25) is 0 Å². The van der Waals surface area contributed by atoms with Gasteiger partial charge in [-0.05, 0) is 24.7 Å². The Balaban J connectivity index is 1.95. The number of ether oxygens (including phenoxy) is 1. The number of hydrogen-bond donors (Lipinski definition) is 2. The van der Waals surface area contributed by atoms with E-state index in [1.807, 2.05) is 0 Å². The number of hydrogen-bond acceptors (Lipinski definition) is 5. The second-order valence-corrected chi connectivity index (χ2v) is 6.07. The van der Waals surface area contributed by atoms with Gasteiger partial charge in [-0.2, -0.15) is 0 Å². The molecule has 5 nitrogen and oxygen atoms in total. The van der Waals surface area contributed by atoms with E-state index in [2.05, 4.69) is 29.1 Å². The number of anilines is 2. The molecule has 3 N–H and O–H groups in total. The lowest BCUT2D eigenvalue weighted by atomic mass is 9.90. The van der Waals surface area contributed by atoms with E-state index in [1.54, 1.807) is 13.2 Å². The van der Waals surface area contributed by atoms with Gasteiger partial charge in [-0.15, -0.1) is 0 Å². The molecular formula is C14H24N4O. The molecule has 0 aromatic carbocycles. The van der Waals surface area contributed by atoms with Crippen LogP contribution in [0.4, 0.5) is 11.6 Å². The first kappa shape index (κ1) is 14.1. The van der Waals surface area contributed by atoms with Crippen molar-refractivity contribution in [3.63, 3.8) is 0 Å². The fourth-order valence-electron chi connectivity index (χ4n) is 1.90. The molecule has 1 aromatic heterocycles. The third kappa shape index (κ3) is 4.35. The summed E-state index contributed by atoms with van der Waals surface area (Å²) in [6.07, 6.45) is 3.37. The summed E-state index contributed by atoms with van der Waals surface area (Å²) in [5, 5.41) is 3.37. The maximum atomic E-state index is 5.83. The smallest absolute Gasteiger partial charge is 0.136 e. The van der Waals surface area contributed by atoms with E-state index < -0.39 is 0 Å². The van der Waals surface area contributed by atoms with Crippen molar-refractivity contribution in [1.82, 2.24) is 9.97 Å². The molecule has 19 heavy (non-hydrogen) atoms. The molecule has 0 spiro atoms. The Morgan fingerprint density at radius 1 is 1.42 bits per heavy atom. The van der Waals surface area contributed by atoms with Gasteiger partial charge in [0.2, 0.25) is 0 Å². The minimum atomic E-state index is 0.162. The van der Waals surface area contributed by atoms with Crippen molar-refractivity contribution in [3.8, 4) is 0 Å². The summed E-state index contributed by atoms with van der Waals surface area (Å²) < 4.78 is 5.13. The maximum absolute atomic E-state index is 5.83. The van der Waals surface area contributed by atoms with Crippen LogP contribution in [0.15, 0.2) is 6.07 Å². The topological polar surface area (TPSA) is 73.1 Å². The largest absolute Gasteiger partial charge is 0.385 e. The van der Waals surface area contributed by atoms with Crippen LogP contribution in [0, 0.1) is 5.41 Å². The average Bonchev–Trinajstić information content (AvgIpc) is 3.18. The molecule has 0 aliphatic heterocycles. The zero-order chi connectivity index (χ0) is 13.9. The van der Waals surface area contributed by atoms with E-state index in [9.17, 15) is 0 Å². The second kappa shape index (κ2) is 5.74. The summed E-state index contributed by atoms with van der Waals surface area (Å²) in [6, 6.07) is 1.80. The predicted octanol–water partition coefficient (Wildman–Crippen LogP) is 2.41. The number of nitrogen functional groups attached to an aromatic ring is 1. The van der Waals surface area contributed by atoms with Gasteiger partial charge < -0.3 is 15.8 Å². The van der Waals surface area contributed by atoms with Gasteiger partial charge in [0.15, 0.2) is 0 Å². The number of rotatable bonds is 7. The highest BCUT2D eigenvalue weighted by Crippen LogP contribution is 2.38. The molecule has 1 fully saturated rings. The van der Waals surface area contributed by atoms with Crippen LogP contribution >= 0.6 is 0 Å². The summed E-state index contributed by atoms with van der Waals surface area (Å²) in [5.74, 6) is 2.79. The van der Waals surface area contributed by atoms with E-state index in [1.165, 1.54) is 12.8 Å². The summed E-state index contributed by atoms with van der Waals surface area (Å²) in [6.45, 7) is 6.04. The molecule has 5 heteroatoms. The van der Waals surface area contributed by atoms with Gasteiger partial charge in [0.25, 0.3) is 0 Å². The van der Waals surface area contributed by atoms with Crippen molar-refractivity contribution in [3.05, 3.63) is 11.9 Å². The first-order valence-electron chi connectivity index (χ1n) is 6.87. The Hall–Kier alpha value is -1.36. The minimum Gasteiger partial charge on any atom is -0.385 e. The molecule has 2 rings (SSSR count). The van der Waals surface area contributed by atoms with Crippen LogP contribution in [-0.4, -0.2) is 30.2 Å². The molecule has 0 amide bonds. The highest BCUT2D eigenvalue weighted by atomic mass is 16.5. The number of nitrogens with two attached hydrogens (primary N) is 1. The molecule has 0 saturated heterocycles. The van der Waals surface area contributed by atoms with E-state index in [0.29, 0.717) is 11.7 Å². The van der Waals surface area contributed by atoms with Gasteiger partial charge in [0.05, 0.1) is 0 Å². The standard InChI is InChI=1S/C14H24N4O/c1-14(2,6-7-19-3)9-16-12-8-11(15)17-13(18-12)10-4-5-10/h8,10H,4-7,9H2,1-3H3,(H3,15,16,17,18). The fraction of sp³-hybridized carbons (Fsp3) is 0.714. The van der Waals surface area contributed by atoms with Crippen molar-refractivity contribution >= 4 is 11.6 Å². The molecule has 0 atom stereocenters. The monoisotopic (exact) mass is 264 g/mol. The van der Waals surface area contributed by atoms with Crippen molar-refractivity contribution in [1.29, 1.82) is 0 Å². The third-order valence-electron chi connectivity index (χ3n) is 3.44. The molecule has 0 radical (unpaired) electrons. The van der Waals surface area contributed by atoms with E-state index >= 15 is 0 Å². The Morgan fingerprint density at radius 3 is 2.79 bits per heavy atom. The Kier molecular flexibility index (Phi) is 4.24. The molecule has 1 aromatic rings. The average molecular weight is 264 g/mol. The Morgan fingerprint density at radius 2 is 2.16 bits per heavy atom. The maximum Gasteiger partial charge on any atom is 0.136 e. The molecule has 1 heterocycles. The van der Waals surface area contributed by atoms with Gasteiger partial charge in [0, 0.05) is 32.2 Å². The number of aromatic nitrogens is 2. The zero-order valence-corrected chi connectivity index (χ0v) is 12.1. The van der Waals surface area contributed by atoms with Crippen molar-refractivity contribution in [2.75, 3.05) is 31.3 Å². The first-order chi connectivity index (χ1) is 9.00. The Bertz CT molecular complexity index is 429. The molecule has 106 valence electrons. The lowest BCUT2D eigenvalue weighted by Gasteiger charge is -2.25. The van der Waals surface area contributed by atoms with Gasteiger partial charge in [0.1, 0.15) is 17.5 Å². The molecule has 1 saturated carbocycles. The van der Waals surface area contributed by atoms with Crippen LogP contribution in [0.3, 0.4) is 0 Å². The van der Waals surface area contributed by atoms with Crippen LogP contribution in [0.5, 0.6) is 0 Å². The predicted molar refractivity (Wildman–Crippen MR) is 77.2 cm³/mol. The third-order valence-corrected chi connectivity index (χ3v) is 3.44. The number of nitrogens with one attached hydrogen (secondary N) is 1. The minimum absolute atomic E-state index is 0.162. The van der Waals surface area contributed by atoms with Crippen molar-refractivity contribution in [2.24, 2.45) is 5.41 Å². The van der Waals surface area contributed by atoms with Crippen molar-refractivity contribution in [2.45, 2.75) is 39.0 Å². The number of nitrogens with zero attached hydrogens (tertiary/aromatic N) is 2. The number of methoxy groups -OCH3 is 1. The normalized spacial score (nSPS) is 15.5. The SMILES string of the molecule is COCCC(C)(C)CNc1cc(N)nc(C2CC2)n1. The zero-order valence-electron chi connectivity index (χ0n) is 12.1. The summed E-state index contributed by atoms with van der Waals surface area (Å²) in [7, 11) is 1.73.